The van der Waals surface area contributed by atoms with E-state index in [0.29, 0.717) is 0 Å². The van der Waals surface area contributed by atoms with Crippen LogP contribution in [-0.2, 0) is 0 Å². The fraction of sp³-hybridized carbons (Fsp3) is 0. The Labute approximate surface area is 273 Å². The number of nitrogens with zero attached hydrogens (tertiary/aromatic N) is 1. The number of fused-ring (bicyclic) bond motifs is 3. The molecule has 0 saturated heterocycles. The zero-order valence-electron chi connectivity index (χ0n) is 25.7. The summed E-state index contributed by atoms with van der Waals surface area (Å²) in [7, 11) is 0. The summed E-state index contributed by atoms with van der Waals surface area (Å²) in [5, 5.41) is 5.27. The van der Waals surface area contributed by atoms with E-state index in [-0.39, 0.29) is 0 Å². The Bertz CT molecular complexity index is 2640. The second kappa shape index (κ2) is 10.2. The second-order valence-corrected chi connectivity index (χ2v) is 12.5. The van der Waals surface area contributed by atoms with E-state index in [1.54, 1.807) is 0 Å². The lowest BCUT2D eigenvalue weighted by Crippen LogP contribution is -1.97. The molecule has 0 spiro atoms. The monoisotopic (exact) mass is 595 g/mol. The van der Waals surface area contributed by atoms with Gasteiger partial charge in [0.25, 0.3) is 0 Å². The van der Waals surface area contributed by atoms with Gasteiger partial charge in [-0.05, 0) is 96.7 Å². The largest absolute Gasteiger partial charge is 0.309 e. The Morgan fingerprint density at radius 1 is 0.277 bits per heavy atom. The third kappa shape index (κ3) is 3.97. The molecule has 1 heteroatoms. The van der Waals surface area contributed by atoms with Crippen molar-refractivity contribution in [2.45, 2.75) is 0 Å². The standard InChI is InChI=1S/C46H29N/c1-3-11-30(12-4-1)32-21-23-33(24-22-32)36-27-35(31-13-5-2-6-14-31)28-37(29-36)47-42-20-10-19-41-39-17-8-7-16-38(39)40-18-9-15-34-25-26-43(47)46(44(34)40)45(41)42/h1-29H. The third-order valence-electron chi connectivity index (χ3n) is 9.91. The Hall–Kier alpha value is -6.18. The molecule has 10 rings (SSSR count). The highest BCUT2D eigenvalue weighted by molar-refractivity contribution is 6.30. The van der Waals surface area contributed by atoms with Gasteiger partial charge in [0.15, 0.2) is 0 Å². The molecule has 1 aliphatic carbocycles. The minimum Gasteiger partial charge on any atom is -0.309 e. The summed E-state index contributed by atoms with van der Waals surface area (Å²) in [6.45, 7) is 0. The van der Waals surface area contributed by atoms with Crippen LogP contribution in [0.25, 0.3) is 93.9 Å². The lowest BCUT2D eigenvalue weighted by atomic mass is 9.93. The van der Waals surface area contributed by atoms with Gasteiger partial charge in [-0.1, -0.05) is 146 Å². The van der Waals surface area contributed by atoms with Crippen LogP contribution < -0.4 is 0 Å². The summed E-state index contributed by atoms with van der Waals surface area (Å²) in [4.78, 5) is 0. The van der Waals surface area contributed by atoms with Crippen LogP contribution in [0.4, 0.5) is 0 Å². The maximum absolute atomic E-state index is 2.49. The molecule has 0 saturated carbocycles. The van der Waals surface area contributed by atoms with Crippen molar-refractivity contribution in [3.05, 3.63) is 176 Å². The molecule has 47 heavy (non-hydrogen) atoms. The van der Waals surface area contributed by atoms with Crippen LogP contribution in [0, 0.1) is 0 Å². The van der Waals surface area contributed by atoms with Crippen LogP contribution in [0.5, 0.6) is 0 Å². The molecule has 1 aliphatic rings. The summed E-state index contributed by atoms with van der Waals surface area (Å²) in [6, 6.07) is 64.5. The SMILES string of the molecule is c1ccc(-c2ccc(-c3cc(-c4ccccc4)cc(-n4c5cccc6c5c5c7c(cccc7ccc54)-c4ccccc4-6)c3)cc2)cc1. The number of benzene rings is 8. The van der Waals surface area contributed by atoms with Crippen LogP contribution in [-0.4, -0.2) is 4.57 Å². The van der Waals surface area contributed by atoms with Crippen LogP contribution >= 0.6 is 0 Å². The van der Waals surface area contributed by atoms with Crippen LogP contribution in [0.3, 0.4) is 0 Å². The topological polar surface area (TPSA) is 4.93 Å². The molecule has 1 heterocycles. The first-order valence-corrected chi connectivity index (χ1v) is 16.3. The molecule has 218 valence electrons. The molecule has 9 aromatic rings. The van der Waals surface area contributed by atoms with Crippen molar-refractivity contribution in [2.75, 3.05) is 0 Å². The van der Waals surface area contributed by atoms with Crippen LogP contribution in [0.1, 0.15) is 0 Å². The Morgan fingerprint density at radius 2 is 0.766 bits per heavy atom. The smallest absolute Gasteiger partial charge is 0.0548 e. The Morgan fingerprint density at radius 3 is 1.43 bits per heavy atom. The van der Waals surface area contributed by atoms with Gasteiger partial charge in [0.2, 0.25) is 0 Å². The first-order chi connectivity index (χ1) is 23.3. The molecule has 0 amide bonds. The quantitative estimate of drug-likeness (QED) is 0.191. The predicted octanol–water partition coefficient (Wildman–Crippen LogP) is 12.6. The van der Waals surface area contributed by atoms with Gasteiger partial charge in [0.05, 0.1) is 11.0 Å². The maximum atomic E-state index is 2.49. The first kappa shape index (κ1) is 26.1. The average molecular weight is 596 g/mol. The molecule has 8 aromatic carbocycles. The summed E-state index contributed by atoms with van der Waals surface area (Å²) in [5.41, 5.74) is 16.1. The van der Waals surface area contributed by atoms with E-state index >= 15 is 0 Å². The van der Waals surface area contributed by atoms with Gasteiger partial charge < -0.3 is 4.57 Å². The first-order valence-electron chi connectivity index (χ1n) is 16.3. The minimum atomic E-state index is 1.16. The highest BCUT2D eigenvalue weighted by Crippen LogP contribution is 2.49. The van der Waals surface area contributed by atoms with E-state index in [2.05, 4.69) is 180 Å². The summed E-state index contributed by atoms with van der Waals surface area (Å²) in [5.74, 6) is 0. The number of hydrogen-bond donors (Lipinski definition) is 0. The van der Waals surface area contributed by atoms with Gasteiger partial charge in [-0.15, -0.1) is 0 Å². The van der Waals surface area contributed by atoms with Crippen molar-refractivity contribution in [1.82, 2.24) is 4.57 Å². The summed E-state index contributed by atoms with van der Waals surface area (Å²) >= 11 is 0. The maximum Gasteiger partial charge on any atom is 0.0548 e. The van der Waals surface area contributed by atoms with Gasteiger partial charge in [-0.3, -0.25) is 0 Å². The number of aromatic nitrogens is 1. The third-order valence-corrected chi connectivity index (χ3v) is 9.91. The lowest BCUT2D eigenvalue weighted by molar-refractivity contribution is 1.18. The molecular formula is C46H29N. The zero-order valence-corrected chi connectivity index (χ0v) is 25.7. The molecule has 0 N–H and O–H groups in total. The van der Waals surface area contributed by atoms with Crippen molar-refractivity contribution >= 4 is 32.6 Å². The van der Waals surface area contributed by atoms with Gasteiger partial charge >= 0.3 is 0 Å². The normalized spacial score (nSPS) is 11.8. The van der Waals surface area contributed by atoms with Gasteiger partial charge in [0, 0.05) is 16.5 Å². The van der Waals surface area contributed by atoms with Crippen molar-refractivity contribution in [3.8, 4) is 61.3 Å². The van der Waals surface area contributed by atoms with E-state index < -0.39 is 0 Å². The highest BCUT2D eigenvalue weighted by atomic mass is 15.0. The average Bonchev–Trinajstić information content (AvgIpc) is 3.43. The van der Waals surface area contributed by atoms with Crippen molar-refractivity contribution < 1.29 is 0 Å². The van der Waals surface area contributed by atoms with Crippen molar-refractivity contribution in [2.24, 2.45) is 0 Å². The molecule has 0 atom stereocenters. The Kier molecular flexibility index (Phi) is 5.64. The second-order valence-electron chi connectivity index (χ2n) is 12.5. The molecule has 0 radical (unpaired) electrons. The molecular weight excluding hydrogens is 567 g/mol. The molecule has 0 fully saturated rings. The van der Waals surface area contributed by atoms with Crippen molar-refractivity contribution in [1.29, 1.82) is 0 Å². The molecule has 0 aliphatic heterocycles. The lowest BCUT2D eigenvalue weighted by Gasteiger charge is -2.16. The van der Waals surface area contributed by atoms with E-state index in [4.69, 9.17) is 0 Å². The summed E-state index contributed by atoms with van der Waals surface area (Å²) < 4.78 is 2.49. The van der Waals surface area contributed by atoms with E-state index in [1.165, 1.54) is 88.2 Å². The predicted molar refractivity (Wildman–Crippen MR) is 199 cm³/mol. The van der Waals surface area contributed by atoms with Crippen LogP contribution in [0.2, 0.25) is 0 Å². The number of hydrogen-bond acceptors (Lipinski definition) is 0. The molecule has 0 bridgehead atoms. The van der Waals surface area contributed by atoms with E-state index in [0.717, 1.165) is 5.69 Å². The van der Waals surface area contributed by atoms with E-state index in [9.17, 15) is 0 Å². The van der Waals surface area contributed by atoms with Crippen LogP contribution in [0.15, 0.2) is 176 Å². The van der Waals surface area contributed by atoms with Gasteiger partial charge in [-0.25, -0.2) is 0 Å². The number of rotatable bonds is 4. The molecule has 1 nitrogen and oxygen atoms in total. The molecule has 0 unspecified atom stereocenters. The molecule has 1 aromatic heterocycles. The minimum absolute atomic E-state index is 1.16. The Balaban J connectivity index is 1.27. The van der Waals surface area contributed by atoms with E-state index in [1.807, 2.05) is 0 Å². The van der Waals surface area contributed by atoms with Gasteiger partial charge in [-0.2, -0.15) is 0 Å². The fourth-order valence-corrected chi connectivity index (χ4v) is 7.80. The van der Waals surface area contributed by atoms with Gasteiger partial charge in [0.1, 0.15) is 0 Å². The summed E-state index contributed by atoms with van der Waals surface area (Å²) in [6.07, 6.45) is 0. The highest BCUT2D eigenvalue weighted by Gasteiger charge is 2.24. The van der Waals surface area contributed by atoms with Crippen molar-refractivity contribution in [3.63, 3.8) is 0 Å². The fourth-order valence-electron chi connectivity index (χ4n) is 7.80. The zero-order chi connectivity index (χ0) is 30.9.